The van der Waals surface area contributed by atoms with Crippen LogP contribution in [0.4, 0.5) is 0 Å². The first-order valence-electron chi connectivity index (χ1n) is 6.43. The second-order valence-corrected chi connectivity index (χ2v) is 6.53. The van der Waals surface area contributed by atoms with Gasteiger partial charge in [-0.2, -0.15) is 0 Å². The molecule has 0 saturated carbocycles. The summed E-state index contributed by atoms with van der Waals surface area (Å²) in [7, 11) is 0. The molecule has 5 heteroatoms. The first-order chi connectivity index (χ1) is 8.88. The number of rotatable bonds is 7. The summed E-state index contributed by atoms with van der Waals surface area (Å²) in [5.41, 5.74) is 0. The van der Waals surface area contributed by atoms with E-state index in [0.717, 1.165) is 4.88 Å². The van der Waals surface area contributed by atoms with E-state index in [0.29, 0.717) is 18.8 Å². The lowest BCUT2D eigenvalue weighted by Crippen LogP contribution is -2.34. The number of thiophene rings is 1. The summed E-state index contributed by atoms with van der Waals surface area (Å²) in [4.78, 5) is 25.0. The second kappa shape index (κ2) is 7.28. The quantitative estimate of drug-likeness (QED) is 0.808. The number of carboxylic acid groups (broad SMARTS) is 1. The van der Waals surface area contributed by atoms with Crippen molar-refractivity contribution in [3.63, 3.8) is 0 Å². The first kappa shape index (κ1) is 15.7. The molecule has 0 aliphatic rings. The van der Waals surface area contributed by atoms with Gasteiger partial charge in [0.25, 0.3) is 0 Å². The fourth-order valence-corrected chi connectivity index (χ4v) is 2.77. The molecule has 0 aromatic carbocycles. The van der Waals surface area contributed by atoms with E-state index < -0.39 is 11.9 Å². The average molecular weight is 283 g/mol. The Labute approximate surface area is 117 Å². The highest BCUT2D eigenvalue weighted by molar-refractivity contribution is 7.12. The van der Waals surface area contributed by atoms with E-state index in [1.807, 2.05) is 32.9 Å². The number of amides is 1. The SMILES string of the molecule is Cc1ccc(CC(=O)NCC(CC(C)C)C(=O)O)s1. The van der Waals surface area contributed by atoms with E-state index in [4.69, 9.17) is 5.11 Å². The first-order valence-corrected chi connectivity index (χ1v) is 7.25. The summed E-state index contributed by atoms with van der Waals surface area (Å²) >= 11 is 1.59. The van der Waals surface area contributed by atoms with E-state index in [2.05, 4.69) is 5.32 Å². The summed E-state index contributed by atoms with van der Waals surface area (Å²) in [6.45, 7) is 6.16. The van der Waals surface area contributed by atoms with Crippen LogP contribution in [0.3, 0.4) is 0 Å². The maximum Gasteiger partial charge on any atom is 0.308 e. The summed E-state index contributed by atoms with van der Waals surface area (Å²) < 4.78 is 0. The molecule has 0 spiro atoms. The molecule has 0 aliphatic heterocycles. The van der Waals surface area contributed by atoms with Gasteiger partial charge in [-0.05, 0) is 31.4 Å². The fraction of sp³-hybridized carbons (Fsp3) is 0.571. The predicted octanol–water partition coefficient (Wildman–Crippen LogP) is 2.46. The van der Waals surface area contributed by atoms with E-state index in [1.54, 1.807) is 11.3 Å². The number of hydrogen-bond donors (Lipinski definition) is 2. The van der Waals surface area contributed by atoms with Crippen molar-refractivity contribution in [2.75, 3.05) is 6.54 Å². The maximum atomic E-state index is 11.7. The van der Waals surface area contributed by atoms with Gasteiger partial charge in [-0.15, -0.1) is 11.3 Å². The molecule has 0 aliphatic carbocycles. The van der Waals surface area contributed by atoms with Gasteiger partial charge >= 0.3 is 5.97 Å². The standard InChI is InChI=1S/C14H21NO3S/c1-9(2)6-11(14(17)18)8-15-13(16)7-12-5-4-10(3)19-12/h4-5,9,11H,6-8H2,1-3H3,(H,15,16)(H,17,18). The van der Waals surface area contributed by atoms with Gasteiger partial charge < -0.3 is 10.4 Å². The van der Waals surface area contributed by atoms with Crippen molar-refractivity contribution in [1.82, 2.24) is 5.32 Å². The number of carbonyl (C=O) groups excluding carboxylic acids is 1. The van der Waals surface area contributed by atoms with Crippen LogP contribution in [0.1, 0.15) is 30.0 Å². The lowest BCUT2D eigenvalue weighted by Gasteiger charge is -2.15. The van der Waals surface area contributed by atoms with Crippen LogP contribution in [0.15, 0.2) is 12.1 Å². The molecule has 1 heterocycles. The van der Waals surface area contributed by atoms with Gasteiger partial charge in [-0.25, -0.2) is 0 Å². The lowest BCUT2D eigenvalue weighted by atomic mass is 9.97. The largest absolute Gasteiger partial charge is 0.481 e. The minimum atomic E-state index is -0.846. The summed E-state index contributed by atoms with van der Waals surface area (Å²) in [5, 5.41) is 11.8. The monoisotopic (exact) mass is 283 g/mol. The van der Waals surface area contributed by atoms with Gasteiger partial charge in [0.15, 0.2) is 0 Å². The van der Waals surface area contributed by atoms with Gasteiger partial charge in [-0.1, -0.05) is 13.8 Å². The van der Waals surface area contributed by atoms with Gasteiger partial charge in [0.2, 0.25) is 5.91 Å². The molecule has 0 radical (unpaired) electrons. The molecule has 1 unspecified atom stereocenters. The second-order valence-electron chi connectivity index (χ2n) is 5.16. The number of carbonyl (C=O) groups is 2. The van der Waals surface area contributed by atoms with Crippen molar-refractivity contribution in [1.29, 1.82) is 0 Å². The molecule has 1 amide bonds. The van der Waals surface area contributed by atoms with Crippen LogP contribution in [0.25, 0.3) is 0 Å². The molecule has 0 saturated heterocycles. The molecule has 2 N–H and O–H groups in total. The Morgan fingerprint density at radius 3 is 2.53 bits per heavy atom. The van der Waals surface area contributed by atoms with Gasteiger partial charge in [0.05, 0.1) is 12.3 Å². The zero-order chi connectivity index (χ0) is 14.4. The van der Waals surface area contributed by atoms with Crippen molar-refractivity contribution >= 4 is 23.2 Å². The summed E-state index contributed by atoms with van der Waals surface area (Å²) in [6, 6.07) is 3.91. The van der Waals surface area contributed by atoms with Crippen molar-refractivity contribution in [3.8, 4) is 0 Å². The van der Waals surface area contributed by atoms with Crippen molar-refractivity contribution in [3.05, 3.63) is 21.9 Å². The van der Waals surface area contributed by atoms with E-state index in [1.165, 1.54) is 4.88 Å². The van der Waals surface area contributed by atoms with Gasteiger partial charge in [0.1, 0.15) is 0 Å². The van der Waals surface area contributed by atoms with Gasteiger partial charge in [0, 0.05) is 16.3 Å². The molecular formula is C14H21NO3S. The number of carboxylic acids is 1. The number of aliphatic carboxylic acids is 1. The highest BCUT2D eigenvalue weighted by Crippen LogP contribution is 2.15. The summed E-state index contributed by atoms with van der Waals surface area (Å²) in [6.07, 6.45) is 0.903. The van der Waals surface area contributed by atoms with Crippen LogP contribution >= 0.6 is 11.3 Å². The Kier molecular flexibility index (Phi) is 6.02. The molecule has 4 nitrogen and oxygen atoms in total. The zero-order valence-electron chi connectivity index (χ0n) is 11.6. The third kappa shape index (κ3) is 5.87. The normalized spacial score (nSPS) is 12.4. The molecule has 1 aromatic rings. The predicted molar refractivity (Wildman–Crippen MR) is 76.4 cm³/mol. The average Bonchev–Trinajstić information content (AvgIpc) is 2.69. The Morgan fingerprint density at radius 2 is 2.05 bits per heavy atom. The Bertz CT molecular complexity index is 440. The van der Waals surface area contributed by atoms with Gasteiger partial charge in [-0.3, -0.25) is 9.59 Å². The van der Waals surface area contributed by atoms with E-state index >= 15 is 0 Å². The third-order valence-corrected chi connectivity index (χ3v) is 3.78. The number of aryl methyl sites for hydroxylation is 1. The van der Waals surface area contributed by atoms with Crippen LogP contribution in [0.5, 0.6) is 0 Å². The van der Waals surface area contributed by atoms with Crippen molar-refractivity contribution in [2.45, 2.75) is 33.6 Å². The molecule has 19 heavy (non-hydrogen) atoms. The highest BCUT2D eigenvalue weighted by Gasteiger charge is 2.19. The minimum Gasteiger partial charge on any atom is -0.481 e. The lowest BCUT2D eigenvalue weighted by molar-refractivity contribution is -0.142. The number of hydrogen-bond acceptors (Lipinski definition) is 3. The smallest absolute Gasteiger partial charge is 0.308 e. The highest BCUT2D eigenvalue weighted by atomic mass is 32.1. The van der Waals surface area contributed by atoms with Crippen LogP contribution < -0.4 is 5.32 Å². The Hall–Kier alpha value is -1.36. The minimum absolute atomic E-state index is 0.114. The molecule has 0 fully saturated rings. The third-order valence-electron chi connectivity index (χ3n) is 2.78. The topological polar surface area (TPSA) is 66.4 Å². The maximum absolute atomic E-state index is 11.7. The molecule has 0 bridgehead atoms. The number of nitrogens with one attached hydrogen (secondary N) is 1. The molecular weight excluding hydrogens is 262 g/mol. The van der Waals surface area contributed by atoms with Crippen molar-refractivity contribution < 1.29 is 14.7 Å². The molecule has 106 valence electrons. The zero-order valence-corrected chi connectivity index (χ0v) is 12.4. The van der Waals surface area contributed by atoms with Crippen molar-refractivity contribution in [2.24, 2.45) is 11.8 Å². The molecule has 1 aromatic heterocycles. The summed E-state index contributed by atoms with van der Waals surface area (Å²) in [5.74, 6) is -1.16. The van der Waals surface area contributed by atoms with Crippen LogP contribution in [0, 0.1) is 18.8 Å². The Morgan fingerprint density at radius 1 is 1.37 bits per heavy atom. The molecule has 1 atom stereocenters. The van der Waals surface area contributed by atoms with Crippen LogP contribution in [-0.2, 0) is 16.0 Å². The van der Waals surface area contributed by atoms with E-state index in [-0.39, 0.29) is 12.5 Å². The molecule has 1 rings (SSSR count). The fourth-order valence-electron chi connectivity index (χ4n) is 1.88. The van der Waals surface area contributed by atoms with Crippen LogP contribution in [-0.4, -0.2) is 23.5 Å². The van der Waals surface area contributed by atoms with E-state index in [9.17, 15) is 9.59 Å². The Balaban J connectivity index is 2.41. The van der Waals surface area contributed by atoms with Crippen LogP contribution in [0.2, 0.25) is 0 Å².